The van der Waals surface area contributed by atoms with E-state index in [1.54, 1.807) is 0 Å². The number of nitrogens with zero attached hydrogens (tertiary/aromatic N) is 2. The predicted molar refractivity (Wildman–Crippen MR) is 72.8 cm³/mol. The molecule has 0 spiro atoms. The van der Waals surface area contributed by atoms with Crippen LogP contribution in [0.2, 0.25) is 0 Å². The van der Waals surface area contributed by atoms with Gasteiger partial charge in [-0.15, -0.1) is 0 Å². The first-order chi connectivity index (χ1) is 8.84. The smallest absolute Gasteiger partial charge is 0.227 e. The van der Waals surface area contributed by atoms with Crippen LogP contribution < -0.4 is 4.90 Å². The topological polar surface area (TPSA) is 23.6 Å². The summed E-state index contributed by atoms with van der Waals surface area (Å²) in [6, 6.07) is 8.31. The second kappa shape index (κ2) is 5.11. The molecule has 3 rings (SSSR count). The second-order valence-electron chi connectivity index (χ2n) is 5.22. The lowest BCUT2D eigenvalue weighted by molar-refractivity contribution is -0.118. The minimum absolute atomic E-state index is 0.285. The summed E-state index contributed by atoms with van der Waals surface area (Å²) >= 11 is 0. The van der Waals surface area contributed by atoms with Gasteiger partial charge in [0.25, 0.3) is 0 Å². The molecule has 0 N–H and O–H groups in total. The Morgan fingerprint density at radius 3 is 2.61 bits per heavy atom. The molecule has 18 heavy (non-hydrogen) atoms. The van der Waals surface area contributed by atoms with Crippen molar-refractivity contribution in [1.29, 1.82) is 0 Å². The molecule has 1 fully saturated rings. The number of rotatable bonds is 3. The van der Waals surface area contributed by atoms with Gasteiger partial charge >= 0.3 is 0 Å². The first kappa shape index (κ1) is 11.7. The molecule has 0 aromatic heterocycles. The maximum Gasteiger partial charge on any atom is 0.227 e. The van der Waals surface area contributed by atoms with Crippen molar-refractivity contribution in [2.24, 2.45) is 0 Å². The molecule has 2 aliphatic rings. The quantitative estimate of drug-likeness (QED) is 0.812. The van der Waals surface area contributed by atoms with E-state index in [1.807, 2.05) is 11.0 Å². The molecule has 2 heterocycles. The Hall–Kier alpha value is -1.35. The summed E-state index contributed by atoms with van der Waals surface area (Å²) in [4.78, 5) is 16.5. The zero-order chi connectivity index (χ0) is 12.4. The fourth-order valence-corrected chi connectivity index (χ4v) is 2.99. The minimum Gasteiger partial charge on any atom is -0.311 e. The van der Waals surface area contributed by atoms with Gasteiger partial charge in [-0.25, -0.2) is 0 Å². The number of carbonyl (C=O) groups is 1. The zero-order valence-electron chi connectivity index (χ0n) is 10.8. The van der Waals surface area contributed by atoms with Crippen molar-refractivity contribution in [2.75, 3.05) is 31.1 Å². The number of para-hydroxylation sites is 1. The molecule has 0 unspecified atom stereocenters. The number of hydrogen-bond acceptors (Lipinski definition) is 2. The molecule has 0 atom stereocenters. The van der Waals surface area contributed by atoms with Gasteiger partial charge in [-0.1, -0.05) is 18.2 Å². The summed E-state index contributed by atoms with van der Waals surface area (Å²) in [7, 11) is 0. The molecule has 2 aliphatic heterocycles. The lowest BCUT2D eigenvalue weighted by atomic mass is 10.0. The first-order valence-corrected chi connectivity index (χ1v) is 6.95. The Morgan fingerprint density at radius 1 is 1.00 bits per heavy atom. The highest BCUT2D eigenvalue weighted by atomic mass is 16.2. The van der Waals surface area contributed by atoms with Crippen LogP contribution in [0.25, 0.3) is 0 Å². The van der Waals surface area contributed by atoms with Gasteiger partial charge in [0.1, 0.15) is 0 Å². The SMILES string of the molecule is O=C1CCc2ccccc2N1CCN1CCCC1. The van der Waals surface area contributed by atoms with Crippen LogP contribution in [0.4, 0.5) is 5.69 Å². The standard InChI is InChI=1S/C15H20N2O/c18-15-8-7-13-5-1-2-6-14(13)17(15)12-11-16-9-3-4-10-16/h1-2,5-6H,3-4,7-12H2. The van der Waals surface area contributed by atoms with Gasteiger partial charge < -0.3 is 9.80 Å². The number of carbonyl (C=O) groups excluding carboxylic acids is 1. The fourth-order valence-electron chi connectivity index (χ4n) is 2.99. The summed E-state index contributed by atoms with van der Waals surface area (Å²) in [5, 5.41) is 0. The third-order valence-corrected chi connectivity index (χ3v) is 4.03. The molecule has 0 saturated carbocycles. The average molecular weight is 244 g/mol. The Labute approximate surface area is 108 Å². The van der Waals surface area contributed by atoms with Crippen molar-refractivity contribution in [3.63, 3.8) is 0 Å². The molecule has 1 aromatic carbocycles. The van der Waals surface area contributed by atoms with Gasteiger partial charge in [0, 0.05) is 25.2 Å². The fraction of sp³-hybridized carbons (Fsp3) is 0.533. The summed E-state index contributed by atoms with van der Waals surface area (Å²) in [5.74, 6) is 0.285. The number of fused-ring (bicyclic) bond motifs is 1. The predicted octanol–water partition coefficient (Wildman–Crippen LogP) is 2.06. The van der Waals surface area contributed by atoms with E-state index < -0.39 is 0 Å². The van der Waals surface area contributed by atoms with Crippen LogP contribution >= 0.6 is 0 Å². The number of aryl methyl sites for hydroxylation is 1. The summed E-state index contributed by atoms with van der Waals surface area (Å²) in [6.07, 6.45) is 4.18. The molecule has 3 heteroatoms. The van der Waals surface area contributed by atoms with Gasteiger partial charge in [-0.3, -0.25) is 4.79 Å². The van der Waals surface area contributed by atoms with E-state index in [9.17, 15) is 4.79 Å². The Bertz CT molecular complexity index is 438. The van der Waals surface area contributed by atoms with E-state index >= 15 is 0 Å². The monoisotopic (exact) mass is 244 g/mol. The van der Waals surface area contributed by atoms with E-state index in [0.717, 1.165) is 25.2 Å². The lowest BCUT2D eigenvalue weighted by Crippen LogP contribution is -2.40. The van der Waals surface area contributed by atoms with Crippen molar-refractivity contribution >= 4 is 11.6 Å². The minimum atomic E-state index is 0.285. The van der Waals surface area contributed by atoms with Gasteiger partial charge in [0.15, 0.2) is 0 Å². The van der Waals surface area contributed by atoms with Crippen LogP contribution in [0.1, 0.15) is 24.8 Å². The van der Waals surface area contributed by atoms with Gasteiger partial charge in [0.2, 0.25) is 5.91 Å². The third kappa shape index (κ3) is 2.27. The molecule has 0 radical (unpaired) electrons. The number of anilines is 1. The van der Waals surface area contributed by atoms with E-state index in [0.29, 0.717) is 6.42 Å². The van der Waals surface area contributed by atoms with E-state index in [4.69, 9.17) is 0 Å². The van der Waals surface area contributed by atoms with E-state index in [-0.39, 0.29) is 5.91 Å². The van der Waals surface area contributed by atoms with Crippen LogP contribution in [0.15, 0.2) is 24.3 Å². The van der Waals surface area contributed by atoms with Crippen LogP contribution in [0.5, 0.6) is 0 Å². The highest BCUT2D eigenvalue weighted by molar-refractivity contribution is 5.96. The molecule has 0 aliphatic carbocycles. The molecule has 1 aromatic rings. The molecular formula is C15H20N2O. The summed E-state index contributed by atoms with van der Waals surface area (Å²) in [5.41, 5.74) is 2.45. The van der Waals surface area contributed by atoms with Crippen molar-refractivity contribution in [3.8, 4) is 0 Å². The summed E-state index contributed by atoms with van der Waals surface area (Å²) in [6.45, 7) is 4.25. The molecule has 96 valence electrons. The van der Waals surface area contributed by atoms with Gasteiger partial charge in [-0.2, -0.15) is 0 Å². The largest absolute Gasteiger partial charge is 0.311 e. The number of amides is 1. The highest BCUT2D eigenvalue weighted by Crippen LogP contribution is 2.27. The highest BCUT2D eigenvalue weighted by Gasteiger charge is 2.24. The van der Waals surface area contributed by atoms with Gasteiger partial charge in [0.05, 0.1) is 0 Å². The Morgan fingerprint density at radius 2 is 1.78 bits per heavy atom. The van der Waals surface area contributed by atoms with Crippen molar-refractivity contribution in [1.82, 2.24) is 4.90 Å². The number of likely N-dealkylation sites (tertiary alicyclic amines) is 1. The van der Waals surface area contributed by atoms with E-state index in [2.05, 4.69) is 23.1 Å². The van der Waals surface area contributed by atoms with Crippen molar-refractivity contribution in [3.05, 3.63) is 29.8 Å². The van der Waals surface area contributed by atoms with Crippen molar-refractivity contribution in [2.45, 2.75) is 25.7 Å². The maximum atomic E-state index is 12.1. The van der Waals surface area contributed by atoms with Crippen molar-refractivity contribution < 1.29 is 4.79 Å². The van der Waals surface area contributed by atoms with Crippen LogP contribution in [0.3, 0.4) is 0 Å². The molecule has 1 saturated heterocycles. The molecule has 0 bridgehead atoms. The Kier molecular flexibility index (Phi) is 3.33. The Balaban J connectivity index is 1.71. The van der Waals surface area contributed by atoms with Crippen LogP contribution in [-0.2, 0) is 11.2 Å². The zero-order valence-corrected chi connectivity index (χ0v) is 10.8. The molecule has 3 nitrogen and oxygen atoms in total. The lowest BCUT2D eigenvalue weighted by Gasteiger charge is -2.30. The number of benzene rings is 1. The first-order valence-electron chi connectivity index (χ1n) is 6.95. The van der Waals surface area contributed by atoms with E-state index in [1.165, 1.54) is 31.5 Å². The van der Waals surface area contributed by atoms with Gasteiger partial charge in [-0.05, 0) is 44.0 Å². The second-order valence-corrected chi connectivity index (χ2v) is 5.22. The van der Waals surface area contributed by atoms with Crippen LogP contribution in [0, 0.1) is 0 Å². The van der Waals surface area contributed by atoms with Crippen LogP contribution in [-0.4, -0.2) is 37.0 Å². The normalized spacial score (nSPS) is 20.2. The third-order valence-electron chi connectivity index (χ3n) is 4.03. The molecule has 1 amide bonds. The molecular weight excluding hydrogens is 224 g/mol. The number of hydrogen-bond donors (Lipinski definition) is 0. The summed E-state index contributed by atoms with van der Waals surface area (Å²) < 4.78 is 0. The maximum absolute atomic E-state index is 12.1. The average Bonchev–Trinajstić information content (AvgIpc) is 2.91.